The highest BCUT2D eigenvalue weighted by Crippen LogP contribution is 2.32. The molecule has 2 aliphatic rings. The Labute approximate surface area is 119 Å². The monoisotopic (exact) mass is 281 g/mol. The lowest BCUT2D eigenvalue weighted by Crippen LogP contribution is -2.52. The minimum Gasteiger partial charge on any atom is -0.506 e. The number of aromatic hydroxyl groups is 1. The topological polar surface area (TPSA) is 32.7 Å². The Kier molecular flexibility index (Phi) is 3.96. The van der Waals surface area contributed by atoms with E-state index < -0.39 is 0 Å². The van der Waals surface area contributed by atoms with Crippen molar-refractivity contribution in [1.29, 1.82) is 0 Å². The van der Waals surface area contributed by atoms with Gasteiger partial charge in [-0.3, -0.25) is 4.90 Å². The van der Waals surface area contributed by atoms with Gasteiger partial charge in [0.1, 0.15) is 5.75 Å². The van der Waals surface area contributed by atoms with E-state index in [2.05, 4.69) is 4.90 Å². The van der Waals surface area contributed by atoms with Crippen molar-refractivity contribution in [1.82, 2.24) is 4.90 Å². The molecule has 0 aromatic heterocycles. The summed E-state index contributed by atoms with van der Waals surface area (Å²) in [5, 5.41) is 10.5. The molecule has 0 spiro atoms. The molecule has 1 saturated heterocycles. The maximum atomic E-state index is 10.0. The highest BCUT2D eigenvalue weighted by atomic mass is 35.5. The van der Waals surface area contributed by atoms with Crippen LogP contribution in [-0.4, -0.2) is 35.3 Å². The van der Waals surface area contributed by atoms with Gasteiger partial charge in [0, 0.05) is 24.7 Å². The van der Waals surface area contributed by atoms with Crippen molar-refractivity contribution in [3.8, 4) is 5.75 Å². The number of hydrogen-bond donors (Lipinski definition) is 1. The van der Waals surface area contributed by atoms with Crippen LogP contribution in [-0.2, 0) is 11.3 Å². The van der Waals surface area contributed by atoms with Crippen molar-refractivity contribution in [3.63, 3.8) is 0 Å². The van der Waals surface area contributed by atoms with E-state index in [9.17, 15) is 5.11 Å². The fourth-order valence-corrected chi connectivity index (χ4v) is 3.47. The summed E-state index contributed by atoms with van der Waals surface area (Å²) in [6.07, 6.45) is 5.30. The molecule has 1 aromatic carbocycles. The summed E-state index contributed by atoms with van der Waals surface area (Å²) >= 11 is 5.98. The van der Waals surface area contributed by atoms with Crippen molar-refractivity contribution in [2.75, 3.05) is 13.2 Å². The minimum absolute atomic E-state index is 0.225. The lowest BCUT2D eigenvalue weighted by atomic mass is 9.90. The van der Waals surface area contributed by atoms with E-state index in [1.165, 1.54) is 25.7 Å². The maximum absolute atomic E-state index is 10.0. The van der Waals surface area contributed by atoms with Gasteiger partial charge in [0.25, 0.3) is 0 Å². The average molecular weight is 282 g/mol. The molecule has 1 N–H and O–H groups in total. The Morgan fingerprint density at radius 3 is 3.05 bits per heavy atom. The molecule has 1 aliphatic carbocycles. The van der Waals surface area contributed by atoms with Gasteiger partial charge in [-0.2, -0.15) is 0 Å². The lowest BCUT2D eigenvalue weighted by molar-refractivity contribution is -0.0912. The van der Waals surface area contributed by atoms with Crippen LogP contribution in [0.25, 0.3) is 0 Å². The fourth-order valence-electron chi connectivity index (χ4n) is 3.28. The molecule has 4 heteroatoms. The zero-order valence-corrected chi connectivity index (χ0v) is 11.8. The number of phenols is 1. The van der Waals surface area contributed by atoms with Crippen molar-refractivity contribution in [2.45, 2.75) is 44.4 Å². The molecule has 3 rings (SSSR count). The zero-order chi connectivity index (χ0) is 13.2. The predicted octanol–water partition coefficient (Wildman–Crippen LogP) is 3.19. The first kappa shape index (κ1) is 13.2. The summed E-state index contributed by atoms with van der Waals surface area (Å²) in [7, 11) is 0. The molecule has 1 saturated carbocycles. The van der Waals surface area contributed by atoms with Crippen LogP contribution in [0.15, 0.2) is 18.2 Å². The van der Waals surface area contributed by atoms with Crippen molar-refractivity contribution in [2.24, 2.45) is 0 Å². The Morgan fingerprint density at radius 2 is 2.16 bits per heavy atom. The summed E-state index contributed by atoms with van der Waals surface area (Å²) in [6.45, 7) is 2.49. The second-order valence-corrected chi connectivity index (χ2v) is 5.89. The molecule has 2 fully saturated rings. The molecular formula is C15H20ClNO2. The van der Waals surface area contributed by atoms with Crippen LogP contribution in [0.4, 0.5) is 0 Å². The number of morpholine rings is 1. The number of nitrogens with zero attached hydrogens (tertiary/aromatic N) is 1. The van der Waals surface area contributed by atoms with Crippen molar-refractivity contribution < 1.29 is 9.84 Å². The number of ether oxygens (including phenoxy) is 1. The normalized spacial score (nSPS) is 28.1. The molecule has 2 unspecified atom stereocenters. The average Bonchev–Trinajstić information content (AvgIpc) is 2.44. The van der Waals surface area contributed by atoms with E-state index in [1.54, 1.807) is 6.07 Å². The smallest absolute Gasteiger partial charge is 0.138 e. The van der Waals surface area contributed by atoms with Crippen molar-refractivity contribution in [3.05, 3.63) is 28.8 Å². The van der Waals surface area contributed by atoms with Gasteiger partial charge in [0.15, 0.2) is 0 Å². The first-order valence-corrected chi connectivity index (χ1v) is 7.45. The molecule has 2 atom stereocenters. The predicted molar refractivity (Wildman–Crippen MR) is 75.5 cm³/mol. The first-order valence-electron chi connectivity index (χ1n) is 7.08. The van der Waals surface area contributed by atoms with Crippen LogP contribution in [0.3, 0.4) is 0 Å². The number of fused-ring (bicyclic) bond motifs is 1. The third-order valence-electron chi connectivity index (χ3n) is 4.29. The maximum Gasteiger partial charge on any atom is 0.138 e. The highest BCUT2D eigenvalue weighted by Gasteiger charge is 2.34. The van der Waals surface area contributed by atoms with Gasteiger partial charge in [-0.1, -0.05) is 36.6 Å². The quantitative estimate of drug-likeness (QED) is 0.904. The summed E-state index contributed by atoms with van der Waals surface area (Å²) < 4.78 is 5.87. The fraction of sp³-hybridized carbons (Fsp3) is 0.600. The SMILES string of the molecule is Oc1c(Cl)cccc1CN1CCOC2CCCCC21. The standard InChI is InChI=1S/C15H20ClNO2/c16-12-5-3-4-11(15(12)18)10-17-8-9-19-14-7-2-1-6-13(14)17/h3-5,13-14,18H,1-2,6-10H2. The van der Waals surface area contributed by atoms with Crippen molar-refractivity contribution >= 4 is 11.6 Å². The molecule has 0 bridgehead atoms. The van der Waals surface area contributed by atoms with Gasteiger partial charge in [-0.25, -0.2) is 0 Å². The molecule has 19 heavy (non-hydrogen) atoms. The van der Waals surface area contributed by atoms with Gasteiger partial charge in [-0.15, -0.1) is 0 Å². The third kappa shape index (κ3) is 2.73. The Balaban J connectivity index is 1.76. The molecule has 104 valence electrons. The van der Waals surface area contributed by atoms with E-state index >= 15 is 0 Å². The van der Waals surface area contributed by atoms with E-state index in [-0.39, 0.29) is 5.75 Å². The third-order valence-corrected chi connectivity index (χ3v) is 4.60. The summed E-state index contributed by atoms with van der Waals surface area (Å²) in [4.78, 5) is 2.44. The molecule has 3 nitrogen and oxygen atoms in total. The second-order valence-electron chi connectivity index (χ2n) is 5.48. The summed E-state index contributed by atoms with van der Waals surface area (Å²) in [5.74, 6) is 0.225. The number of hydrogen-bond acceptors (Lipinski definition) is 3. The van der Waals surface area contributed by atoms with Gasteiger partial charge < -0.3 is 9.84 Å². The number of para-hydroxylation sites is 1. The van der Waals surface area contributed by atoms with Crippen LogP contribution in [0.2, 0.25) is 5.02 Å². The lowest BCUT2D eigenvalue weighted by Gasteiger charge is -2.43. The van der Waals surface area contributed by atoms with E-state index in [0.29, 0.717) is 17.2 Å². The Hall–Kier alpha value is -0.770. The number of halogens is 1. The van der Waals surface area contributed by atoms with Crippen LogP contribution in [0, 0.1) is 0 Å². The van der Waals surface area contributed by atoms with E-state index in [4.69, 9.17) is 16.3 Å². The minimum atomic E-state index is 0.225. The van der Waals surface area contributed by atoms with Gasteiger partial charge >= 0.3 is 0 Å². The van der Waals surface area contributed by atoms with Crippen LogP contribution >= 0.6 is 11.6 Å². The summed E-state index contributed by atoms with van der Waals surface area (Å²) in [6, 6.07) is 6.08. The Bertz CT molecular complexity index is 450. The van der Waals surface area contributed by atoms with Crippen LogP contribution in [0.5, 0.6) is 5.75 Å². The van der Waals surface area contributed by atoms with Crippen LogP contribution < -0.4 is 0 Å². The molecule has 1 aromatic rings. The first-order chi connectivity index (χ1) is 9.25. The van der Waals surface area contributed by atoms with Gasteiger partial charge in [0.05, 0.1) is 17.7 Å². The van der Waals surface area contributed by atoms with E-state index in [1.807, 2.05) is 12.1 Å². The number of benzene rings is 1. The zero-order valence-electron chi connectivity index (χ0n) is 11.0. The molecular weight excluding hydrogens is 262 g/mol. The molecule has 1 heterocycles. The van der Waals surface area contributed by atoms with E-state index in [0.717, 1.165) is 25.3 Å². The number of rotatable bonds is 2. The second kappa shape index (κ2) is 5.70. The largest absolute Gasteiger partial charge is 0.506 e. The van der Waals surface area contributed by atoms with Crippen LogP contribution in [0.1, 0.15) is 31.2 Å². The number of phenolic OH excluding ortho intramolecular Hbond substituents is 1. The molecule has 0 radical (unpaired) electrons. The highest BCUT2D eigenvalue weighted by molar-refractivity contribution is 6.32. The molecule has 1 aliphatic heterocycles. The Morgan fingerprint density at radius 1 is 1.32 bits per heavy atom. The van der Waals surface area contributed by atoms with Gasteiger partial charge in [0.2, 0.25) is 0 Å². The molecule has 0 amide bonds. The summed E-state index contributed by atoms with van der Waals surface area (Å²) in [5.41, 5.74) is 0.915. The van der Waals surface area contributed by atoms with Gasteiger partial charge in [-0.05, 0) is 18.9 Å².